The molecule has 0 unspecified atom stereocenters. The first-order valence-corrected chi connectivity index (χ1v) is 7.49. The Hall–Kier alpha value is -1.71. The van der Waals surface area contributed by atoms with Crippen molar-refractivity contribution < 1.29 is 14.3 Å². The lowest BCUT2D eigenvalue weighted by molar-refractivity contribution is -0.121. The average Bonchev–Trinajstić information content (AvgIpc) is 2.82. The van der Waals surface area contributed by atoms with Gasteiger partial charge in [0.05, 0.1) is 19.6 Å². The Kier molecular flexibility index (Phi) is 4.09. The van der Waals surface area contributed by atoms with E-state index < -0.39 is 0 Å². The summed E-state index contributed by atoms with van der Waals surface area (Å²) < 4.78 is 11.2. The summed E-state index contributed by atoms with van der Waals surface area (Å²) in [6.07, 6.45) is 6.00. The first-order chi connectivity index (χ1) is 9.81. The van der Waals surface area contributed by atoms with E-state index in [2.05, 4.69) is 5.32 Å². The van der Waals surface area contributed by atoms with E-state index in [0.717, 1.165) is 36.3 Å². The van der Waals surface area contributed by atoms with Crippen LogP contribution in [0, 0.1) is 0 Å². The second-order valence-corrected chi connectivity index (χ2v) is 5.56. The zero-order valence-corrected chi connectivity index (χ0v) is 11.7. The molecule has 1 fully saturated rings. The molecule has 3 rings (SSSR count). The molecule has 20 heavy (non-hydrogen) atoms. The van der Waals surface area contributed by atoms with Crippen molar-refractivity contribution >= 4 is 5.91 Å². The third kappa shape index (κ3) is 3.24. The van der Waals surface area contributed by atoms with E-state index in [1.807, 2.05) is 18.2 Å². The molecule has 0 radical (unpaired) electrons. The lowest BCUT2D eigenvalue weighted by atomic mass is 10.1. The van der Waals surface area contributed by atoms with Crippen molar-refractivity contribution in [2.45, 2.75) is 44.6 Å². The first-order valence-electron chi connectivity index (χ1n) is 7.49. The largest absolute Gasteiger partial charge is 0.490 e. The fraction of sp³-hybridized carbons (Fsp3) is 0.562. The minimum atomic E-state index is 0.103. The topological polar surface area (TPSA) is 47.6 Å². The Morgan fingerprint density at radius 1 is 1.10 bits per heavy atom. The number of nitrogens with one attached hydrogen (secondary N) is 1. The van der Waals surface area contributed by atoms with E-state index in [-0.39, 0.29) is 5.91 Å². The fourth-order valence-electron chi connectivity index (χ4n) is 2.85. The van der Waals surface area contributed by atoms with Gasteiger partial charge in [0.15, 0.2) is 11.5 Å². The predicted molar refractivity (Wildman–Crippen MR) is 76.2 cm³/mol. The average molecular weight is 275 g/mol. The molecule has 0 aromatic heterocycles. The van der Waals surface area contributed by atoms with Gasteiger partial charge in [-0.3, -0.25) is 4.79 Å². The summed E-state index contributed by atoms with van der Waals surface area (Å²) in [7, 11) is 0. The molecule has 1 aliphatic carbocycles. The highest BCUT2D eigenvalue weighted by Crippen LogP contribution is 2.30. The Labute approximate surface area is 119 Å². The number of rotatable bonds is 3. The summed E-state index contributed by atoms with van der Waals surface area (Å²) in [5.74, 6) is 1.64. The molecule has 0 atom stereocenters. The van der Waals surface area contributed by atoms with E-state index in [1.54, 1.807) is 0 Å². The molecule has 1 amide bonds. The third-order valence-corrected chi connectivity index (χ3v) is 3.90. The second-order valence-electron chi connectivity index (χ2n) is 5.56. The van der Waals surface area contributed by atoms with Crippen LogP contribution in [-0.4, -0.2) is 25.2 Å². The van der Waals surface area contributed by atoms with Crippen LogP contribution in [0.1, 0.15) is 37.7 Å². The van der Waals surface area contributed by atoms with E-state index in [4.69, 9.17) is 9.47 Å². The molecule has 4 nitrogen and oxygen atoms in total. The van der Waals surface area contributed by atoms with Crippen LogP contribution < -0.4 is 14.8 Å². The van der Waals surface area contributed by atoms with Crippen LogP contribution in [0.3, 0.4) is 0 Å². The molecule has 0 spiro atoms. The fourth-order valence-corrected chi connectivity index (χ4v) is 2.85. The van der Waals surface area contributed by atoms with Crippen molar-refractivity contribution in [3.63, 3.8) is 0 Å². The molecule has 1 aliphatic heterocycles. The van der Waals surface area contributed by atoms with Crippen molar-refractivity contribution in [2.75, 3.05) is 13.2 Å². The lowest BCUT2D eigenvalue weighted by Gasteiger charge is -2.13. The van der Waals surface area contributed by atoms with E-state index in [1.165, 1.54) is 12.8 Å². The molecule has 2 aliphatic rings. The van der Waals surface area contributed by atoms with Crippen LogP contribution in [0.4, 0.5) is 0 Å². The van der Waals surface area contributed by atoms with Crippen molar-refractivity contribution in [3.8, 4) is 11.5 Å². The lowest BCUT2D eigenvalue weighted by Crippen LogP contribution is -2.33. The van der Waals surface area contributed by atoms with Crippen molar-refractivity contribution in [1.29, 1.82) is 0 Å². The Balaban J connectivity index is 1.62. The highest BCUT2D eigenvalue weighted by molar-refractivity contribution is 5.79. The predicted octanol–water partition coefficient (Wildman–Crippen LogP) is 2.45. The number of amides is 1. The summed E-state index contributed by atoms with van der Waals surface area (Å²) in [6, 6.07) is 6.15. The van der Waals surface area contributed by atoms with Crippen LogP contribution in [0.15, 0.2) is 18.2 Å². The summed E-state index contributed by atoms with van der Waals surface area (Å²) in [4.78, 5) is 12.0. The summed E-state index contributed by atoms with van der Waals surface area (Å²) in [5, 5.41) is 3.11. The minimum Gasteiger partial charge on any atom is -0.490 e. The molecule has 1 saturated carbocycles. The Morgan fingerprint density at radius 3 is 2.65 bits per heavy atom. The maximum atomic E-state index is 12.0. The van der Waals surface area contributed by atoms with Crippen molar-refractivity contribution in [2.24, 2.45) is 0 Å². The second kappa shape index (κ2) is 6.16. The molecule has 0 bridgehead atoms. The number of carbonyl (C=O) groups excluding carboxylic acids is 1. The number of hydrogen-bond donors (Lipinski definition) is 1. The molecule has 1 aromatic carbocycles. The Bertz CT molecular complexity index is 481. The molecule has 0 saturated heterocycles. The van der Waals surface area contributed by atoms with Gasteiger partial charge in [-0.05, 0) is 30.5 Å². The minimum absolute atomic E-state index is 0.103. The van der Waals surface area contributed by atoms with Gasteiger partial charge in [0.1, 0.15) is 0 Å². The number of benzene rings is 1. The maximum absolute atomic E-state index is 12.0. The van der Waals surface area contributed by atoms with Crippen LogP contribution in [0.5, 0.6) is 11.5 Å². The van der Waals surface area contributed by atoms with Crippen LogP contribution in [-0.2, 0) is 11.2 Å². The first kappa shape index (κ1) is 13.3. The summed E-state index contributed by atoms with van der Waals surface area (Å²) in [6.45, 7) is 1.36. The van der Waals surface area contributed by atoms with Gasteiger partial charge < -0.3 is 14.8 Å². The molecule has 108 valence electrons. The number of ether oxygens (including phenoxy) is 2. The van der Waals surface area contributed by atoms with Crippen LogP contribution >= 0.6 is 0 Å². The summed E-state index contributed by atoms with van der Waals surface area (Å²) >= 11 is 0. The van der Waals surface area contributed by atoms with Gasteiger partial charge in [0.2, 0.25) is 5.91 Å². The van der Waals surface area contributed by atoms with Gasteiger partial charge >= 0.3 is 0 Å². The molecule has 1 N–H and O–H groups in total. The van der Waals surface area contributed by atoms with Gasteiger partial charge in [0, 0.05) is 12.5 Å². The zero-order chi connectivity index (χ0) is 13.8. The number of hydrogen-bond acceptors (Lipinski definition) is 3. The SMILES string of the molecule is O=C(Cc1ccc2c(c1)OCCCO2)NC1CCCC1. The van der Waals surface area contributed by atoms with Crippen LogP contribution in [0.25, 0.3) is 0 Å². The van der Waals surface area contributed by atoms with E-state index in [9.17, 15) is 4.79 Å². The monoisotopic (exact) mass is 275 g/mol. The zero-order valence-electron chi connectivity index (χ0n) is 11.7. The Morgan fingerprint density at radius 2 is 1.85 bits per heavy atom. The molecule has 1 heterocycles. The van der Waals surface area contributed by atoms with Crippen molar-refractivity contribution in [3.05, 3.63) is 23.8 Å². The van der Waals surface area contributed by atoms with Gasteiger partial charge in [-0.15, -0.1) is 0 Å². The molecular weight excluding hydrogens is 254 g/mol. The highest BCUT2D eigenvalue weighted by Gasteiger charge is 2.18. The normalized spacial score (nSPS) is 18.6. The molecule has 4 heteroatoms. The number of fused-ring (bicyclic) bond motifs is 1. The van der Waals surface area contributed by atoms with Crippen molar-refractivity contribution in [1.82, 2.24) is 5.32 Å². The molecule has 1 aromatic rings. The maximum Gasteiger partial charge on any atom is 0.224 e. The third-order valence-electron chi connectivity index (χ3n) is 3.90. The van der Waals surface area contributed by atoms with Gasteiger partial charge in [-0.1, -0.05) is 18.9 Å². The van der Waals surface area contributed by atoms with E-state index >= 15 is 0 Å². The van der Waals surface area contributed by atoms with Gasteiger partial charge in [0.25, 0.3) is 0 Å². The van der Waals surface area contributed by atoms with Gasteiger partial charge in [-0.25, -0.2) is 0 Å². The summed E-state index contributed by atoms with van der Waals surface area (Å²) in [5.41, 5.74) is 0.977. The van der Waals surface area contributed by atoms with Crippen LogP contribution in [0.2, 0.25) is 0 Å². The van der Waals surface area contributed by atoms with Gasteiger partial charge in [-0.2, -0.15) is 0 Å². The molecular formula is C16H21NO3. The smallest absolute Gasteiger partial charge is 0.224 e. The number of carbonyl (C=O) groups is 1. The standard InChI is InChI=1S/C16H21NO3/c18-16(17-13-4-1-2-5-13)11-12-6-7-14-15(10-12)20-9-3-8-19-14/h6-7,10,13H,1-5,8-9,11H2,(H,17,18). The van der Waals surface area contributed by atoms with E-state index in [0.29, 0.717) is 25.7 Å². The highest BCUT2D eigenvalue weighted by atomic mass is 16.5. The quantitative estimate of drug-likeness (QED) is 0.921.